The van der Waals surface area contributed by atoms with Gasteiger partial charge in [0.25, 0.3) is 0 Å². The van der Waals surface area contributed by atoms with Crippen molar-refractivity contribution in [3.8, 4) is 11.1 Å². The monoisotopic (exact) mass is 559 g/mol. The molecule has 1 aliphatic carbocycles. The number of benzene rings is 2. The summed E-state index contributed by atoms with van der Waals surface area (Å²) in [7, 11) is 1.81. The second kappa shape index (κ2) is 10.1. The van der Waals surface area contributed by atoms with Gasteiger partial charge >= 0.3 is 0 Å². The SMILES string of the molecule is CC(=O)N1CC2(CC(c3nn(CC(=O)NCC(=O)NCC=O)c4cccc(-c5cc6c(cnn6C)cc5F)c34)C2)C1. The molecule has 6 rings (SSSR count). The molecular formula is C29H30FN7O4. The third kappa shape index (κ3) is 4.72. The van der Waals surface area contributed by atoms with E-state index in [1.54, 1.807) is 28.6 Å². The van der Waals surface area contributed by atoms with Crippen LogP contribution in [0.5, 0.6) is 0 Å². The van der Waals surface area contributed by atoms with Crippen molar-refractivity contribution in [3.05, 3.63) is 48.0 Å². The predicted molar refractivity (Wildman–Crippen MR) is 148 cm³/mol. The van der Waals surface area contributed by atoms with E-state index >= 15 is 4.39 Å². The largest absolute Gasteiger partial charge is 0.348 e. The average Bonchev–Trinajstić information content (AvgIpc) is 3.44. The number of hydrogen-bond donors (Lipinski definition) is 2. The second-order valence-corrected chi connectivity index (χ2v) is 11.1. The lowest BCUT2D eigenvalue weighted by Crippen LogP contribution is -2.62. The zero-order chi connectivity index (χ0) is 28.9. The van der Waals surface area contributed by atoms with Gasteiger partial charge in [-0.3, -0.25) is 23.7 Å². The van der Waals surface area contributed by atoms with Crippen LogP contribution in [0.25, 0.3) is 32.9 Å². The van der Waals surface area contributed by atoms with Crippen LogP contribution in [0.3, 0.4) is 0 Å². The Bertz CT molecular complexity index is 1710. The lowest BCUT2D eigenvalue weighted by Gasteiger charge is -2.58. The van der Waals surface area contributed by atoms with Gasteiger partial charge in [-0.25, -0.2) is 4.39 Å². The van der Waals surface area contributed by atoms with E-state index < -0.39 is 11.8 Å². The Hall–Kier alpha value is -4.61. The van der Waals surface area contributed by atoms with Crippen LogP contribution in [0.4, 0.5) is 4.39 Å². The standard InChI is InChI=1S/C29H30FN7O4/c1-17(39)36-15-29(16-36)10-19(11-29)28-27-20(21-9-24-18(8-22(21)30)12-33-35(24)2)4-3-5-23(27)37(34-28)14-26(41)32-13-25(40)31-6-7-38/h3-5,7-9,12,19H,6,10-11,13-16H2,1-2H3,(H,31,40)(H,32,41). The van der Waals surface area contributed by atoms with E-state index in [1.165, 1.54) is 6.07 Å². The molecule has 11 nitrogen and oxygen atoms in total. The summed E-state index contributed by atoms with van der Waals surface area (Å²) in [6.45, 7) is 2.50. The number of amides is 3. The van der Waals surface area contributed by atoms with E-state index in [0.29, 0.717) is 28.3 Å². The third-order valence-electron chi connectivity index (χ3n) is 8.30. The molecule has 0 atom stereocenters. The Morgan fingerprint density at radius 2 is 1.88 bits per heavy atom. The van der Waals surface area contributed by atoms with Crippen molar-refractivity contribution < 1.29 is 23.6 Å². The number of aromatic nitrogens is 4. The maximum Gasteiger partial charge on any atom is 0.242 e. The number of carbonyl (C=O) groups is 4. The van der Waals surface area contributed by atoms with Gasteiger partial charge in [0.05, 0.1) is 36.0 Å². The zero-order valence-corrected chi connectivity index (χ0v) is 22.8. The van der Waals surface area contributed by atoms with Gasteiger partial charge in [-0.15, -0.1) is 0 Å². The van der Waals surface area contributed by atoms with Gasteiger partial charge in [-0.1, -0.05) is 12.1 Å². The number of nitrogens with zero attached hydrogens (tertiary/aromatic N) is 5. The van der Waals surface area contributed by atoms with E-state index in [1.807, 2.05) is 30.1 Å². The number of hydrogen-bond acceptors (Lipinski definition) is 6. The first-order valence-corrected chi connectivity index (χ1v) is 13.5. The minimum atomic E-state index is -0.473. The van der Waals surface area contributed by atoms with Crippen molar-refractivity contribution in [1.82, 2.24) is 35.1 Å². The number of halogens is 1. The number of aryl methyl sites for hydroxylation is 1. The summed E-state index contributed by atoms with van der Waals surface area (Å²) in [5.41, 5.74) is 3.45. The number of nitrogens with one attached hydrogen (secondary N) is 2. The molecule has 1 spiro atoms. The molecule has 1 aliphatic heterocycles. The molecule has 1 saturated heterocycles. The van der Waals surface area contributed by atoms with Gasteiger partial charge in [-0.05, 0) is 36.6 Å². The lowest BCUT2D eigenvalue weighted by atomic mass is 9.56. The summed E-state index contributed by atoms with van der Waals surface area (Å²) in [6.07, 6.45) is 3.89. The van der Waals surface area contributed by atoms with E-state index in [0.717, 1.165) is 42.5 Å². The molecule has 2 aromatic carbocycles. The summed E-state index contributed by atoms with van der Waals surface area (Å²) in [5, 5.41) is 15.6. The molecule has 41 heavy (non-hydrogen) atoms. The highest BCUT2D eigenvalue weighted by atomic mass is 19.1. The molecule has 2 aromatic heterocycles. The van der Waals surface area contributed by atoms with Crippen molar-refractivity contribution in [2.45, 2.75) is 32.2 Å². The molecular weight excluding hydrogens is 529 g/mol. The second-order valence-electron chi connectivity index (χ2n) is 11.1. The lowest BCUT2D eigenvalue weighted by molar-refractivity contribution is -0.149. The number of aldehydes is 1. The van der Waals surface area contributed by atoms with Gasteiger partial charge in [0, 0.05) is 54.7 Å². The van der Waals surface area contributed by atoms with Crippen LogP contribution in [0, 0.1) is 11.2 Å². The molecule has 2 aliphatic rings. The molecule has 0 bridgehead atoms. The predicted octanol–water partition coefficient (Wildman–Crippen LogP) is 1.89. The summed E-state index contributed by atoms with van der Waals surface area (Å²) in [6, 6.07) is 8.81. The van der Waals surface area contributed by atoms with Gasteiger partial charge < -0.3 is 20.3 Å². The number of fused-ring (bicyclic) bond motifs is 2. The fourth-order valence-corrected chi connectivity index (χ4v) is 6.28. The van der Waals surface area contributed by atoms with Gasteiger partial charge in [0.15, 0.2) is 0 Å². The summed E-state index contributed by atoms with van der Waals surface area (Å²) >= 11 is 0. The maximum absolute atomic E-state index is 15.5. The highest BCUT2D eigenvalue weighted by Gasteiger charge is 2.54. The van der Waals surface area contributed by atoms with Crippen molar-refractivity contribution in [2.75, 3.05) is 26.2 Å². The molecule has 3 amide bonds. The smallest absolute Gasteiger partial charge is 0.242 e. The normalized spacial score (nSPS) is 16.0. The molecule has 3 heterocycles. The number of carbonyl (C=O) groups excluding carboxylic acids is 4. The highest BCUT2D eigenvalue weighted by molar-refractivity contribution is 6.00. The first-order valence-electron chi connectivity index (χ1n) is 13.5. The minimum absolute atomic E-state index is 0.0722. The fraction of sp³-hybridized carbons (Fsp3) is 0.379. The highest BCUT2D eigenvalue weighted by Crippen LogP contribution is 2.57. The average molecular weight is 560 g/mol. The fourth-order valence-electron chi connectivity index (χ4n) is 6.28. The van der Waals surface area contributed by atoms with E-state index in [9.17, 15) is 19.2 Å². The summed E-state index contributed by atoms with van der Waals surface area (Å²) in [4.78, 5) is 48.7. The molecule has 2 N–H and O–H groups in total. The molecule has 1 saturated carbocycles. The Labute approximate surface area is 234 Å². The Morgan fingerprint density at radius 1 is 1.10 bits per heavy atom. The minimum Gasteiger partial charge on any atom is -0.348 e. The van der Waals surface area contributed by atoms with E-state index in [4.69, 9.17) is 5.10 Å². The van der Waals surface area contributed by atoms with Crippen LogP contribution in [0.1, 0.15) is 31.4 Å². The maximum atomic E-state index is 15.5. The van der Waals surface area contributed by atoms with Gasteiger partial charge in [-0.2, -0.15) is 10.2 Å². The molecule has 212 valence electrons. The van der Waals surface area contributed by atoms with Crippen molar-refractivity contribution >= 4 is 45.8 Å². The van der Waals surface area contributed by atoms with Crippen LogP contribution < -0.4 is 10.6 Å². The van der Waals surface area contributed by atoms with E-state index in [-0.39, 0.29) is 42.7 Å². The van der Waals surface area contributed by atoms with Crippen molar-refractivity contribution in [2.24, 2.45) is 12.5 Å². The van der Waals surface area contributed by atoms with Crippen molar-refractivity contribution in [1.29, 1.82) is 0 Å². The van der Waals surface area contributed by atoms with Crippen molar-refractivity contribution in [3.63, 3.8) is 0 Å². The molecule has 0 unspecified atom stereocenters. The van der Waals surface area contributed by atoms with Crippen LogP contribution in [0.2, 0.25) is 0 Å². The molecule has 2 fully saturated rings. The van der Waals surface area contributed by atoms with Crippen LogP contribution in [0.15, 0.2) is 36.5 Å². The molecule has 4 aromatic rings. The number of rotatable bonds is 8. The quantitative estimate of drug-likeness (QED) is 0.317. The topological polar surface area (TPSA) is 131 Å². The van der Waals surface area contributed by atoms with Gasteiger partial charge in [0.2, 0.25) is 17.7 Å². The van der Waals surface area contributed by atoms with E-state index in [2.05, 4.69) is 15.7 Å². The zero-order valence-electron chi connectivity index (χ0n) is 22.8. The Balaban J connectivity index is 1.36. The van der Waals surface area contributed by atoms with Crippen LogP contribution in [-0.4, -0.2) is 74.6 Å². The summed E-state index contributed by atoms with van der Waals surface area (Å²) in [5.74, 6) is -1.11. The first kappa shape index (κ1) is 26.6. The van der Waals surface area contributed by atoms with Gasteiger partial charge in [0.1, 0.15) is 18.6 Å². The molecule has 0 radical (unpaired) electrons. The summed E-state index contributed by atoms with van der Waals surface area (Å²) < 4.78 is 18.8. The number of likely N-dealkylation sites (tertiary alicyclic amines) is 1. The Morgan fingerprint density at radius 3 is 2.61 bits per heavy atom. The third-order valence-corrected chi connectivity index (χ3v) is 8.30. The van der Waals surface area contributed by atoms with Crippen LogP contribution >= 0.6 is 0 Å². The Kier molecular flexibility index (Phi) is 6.55. The first-order chi connectivity index (χ1) is 19.7. The molecule has 12 heteroatoms. The van der Waals surface area contributed by atoms with Crippen LogP contribution in [-0.2, 0) is 32.8 Å².